The average Bonchev–Trinajstić information content (AvgIpc) is 2.61. The van der Waals surface area contributed by atoms with Crippen LogP contribution in [0.3, 0.4) is 0 Å². The maximum atomic E-state index is 12.8. The number of hydrogen-bond acceptors (Lipinski definition) is 4. The monoisotopic (exact) mass is 346 g/mol. The second-order valence-corrected chi connectivity index (χ2v) is 5.20. The zero-order valence-electron chi connectivity index (χ0n) is 14.0. The van der Waals surface area contributed by atoms with Crippen LogP contribution in [-0.4, -0.2) is 26.0 Å². The van der Waals surface area contributed by atoms with Gasteiger partial charge in [-0.1, -0.05) is 12.1 Å². The molecule has 2 rings (SSSR count). The molecule has 0 fully saturated rings. The van der Waals surface area contributed by atoms with E-state index >= 15 is 0 Å². The number of rotatable bonds is 7. The fourth-order valence-corrected chi connectivity index (χ4v) is 2.13. The van der Waals surface area contributed by atoms with Crippen LogP contribution in [0.25, 0.3) is 0 Å². The summed E-state index contributed by atoms with van der Waals surface area (Å²) in [6.45, 7) is 0.225. The van der Waals surface area contributed by atoms with E-state index in [2.05, 4.69) is 10.6 Å². The highest BCUT2D eigenvalue weighted by Gasteiger charge is 2.11. The molecule has 25 heavy (non-hydrogen) atoms. The van der Waals surface area contributed by atoms with Gasteiger partial charge in [-0.2, -0.15) is 0 Å². The highest BCUT2D eigenvalue weighted by Crippen LogP contribution is 2.29. The number of benzene rings is 2. The molecule has 0 heterocycles. The van der Waals surface area contributed by atoms with E-state index in [1.54, 1.807) is 30.3 Å². The molecule has 0 aliphatic rings. The van der Waals surface area contributed by atoms with Crippen LogP contribution >= 0.6 is 0 Å². The first-order valence-corrected chi connectivity index (χ1v) is 7.55. The summed E-state index contributed by atoms with van der Waals surface area (Å²) in [4.78, 5) is 23.8. The van der Waals surface area contributed by atoms with Crippen molar-refractivity contribution in [3.63, 3.8) is 0 Å². The highest BCUT2D eigenvalue weighted by molar-refractivity contribution is 6.03. The molecular weight excluding hydrogens is 327 g/mol. The zero-order valence-corrected chi connectivity index (χ0v) is 14.0. The Bertz CT molecular complexity index is 747. The summed E-state index contributed by atoms with van der Waals surface area (Å²) in [6, 6.07) is 10.7. The van der Waals surface area contributed by atoms with Gasteiger partial charge < -0.3 is 20.1 Å². The molecule has 0 saturated heterocycles. The van der Waals surface area contributed by atoms with Crippen molar-refractivity contribution in [2.24, 2.45) is 0 Å². The van der Waals surface area contributed by atoms with Crippen molar-refractivity contribution >= 4 is 17.5 Å². The summed E-state index contributed by atoms with van der Waals surface area (Å²) in [7, 11) is 3.01. The maximum absolute atomic E-state index is 12.8. The van der Waals surface area contributed by atoms with E-state index in [4.69, 9.17) is 9.47 Å². The number of nitrogens with one attached hydrogen (secondary N) is 2. The summed E-state index contributed by atoms with van der Waals surface area (Å²) in [5.74, 6) is -0.214. The summed E-state index contributed by atoms with van der Waals surface area (Å²) >= 11 is 0. The molecule has 0 aliphatic heterocycles. The average molecular weight is 346 g/mol. The Morgan fingerprint density at radius 2 is 1.64 bits per heavy atom. The molecule has 0 aliphatic carbocycles. The van der Waals surface area contributed by atoms with E-state index in [0.717, 1.165) is 5.56 Å². The second kappa shape index (κ2) is 8.68. The number of methoxy groups -OCH3 is 2. The van der Waals surface area contributed by atoms with Crippen molar-refractivity contribution in [1.29, 1.82) is 0 Å². The Labute approximate surface area is 144 Å². The topological polar surface area (TPSA) is 76.7 Å². The van der Waals surface area contributed by atoms with Gasteiger partial charge in [0.15, 0.2) is 11.5 Å². The quantitative estimate of drug-likeness (QED) is 0.755. The molecule has 2 aromatic carbocycles. The van der Waals surface area contributed by atoms with Gasteiger partial charge in [-0.05, 0) is 29.8 Å². The van der Waals surface area contributed by atoms with E-state index in [1.165, 1.54) is 26.4 Å². The normalized spacial score (nSPS) is 10.0. The molecule has 0 bridgehead atoms. The number of amides is 2. The van der Waals surface area contributed by atoms with Crippen molar-refractivity contribution in [3.05, 3.63) is 53.8 Å². The Morgan fingerprint density at radius 1 is 0.960 bits per heavy atom. The van der Waals surface area contributed by atoms with Crippen LogP contribution in [0.5, 0.6) is 11.5 Å². The summed E-state index contributed by atoms with van der Waals surface area (Å²) < 4.78 is 23.1. The minimum absolute atomic E-state index is 0.225. The van der Waals surface area contributed by atoms with Gasteiger partial charge in [0.05, 0.1) is 14.2 Å². The van der Waals surface area contributed by atoms with Gasteiger partial charge >= 0.3 is 0 Å². The minimum Gasteiger partial charge on any atom is -0.493 e. The van der Waals surface area contributed by atoms with Gasteiger partial charge in [0.2, 0.25) is 11.8 Å². The van der Waals surface area contributed by atoms with E-state index in [0.29, 0.717) is 17.2 Å². The van der Waals surface area contributed by atoms with Crippen molar-refractivity contribution in [3.8, 4) is 11.5 Å². The third-order valence-corrected chi connectivity index (χ3v) is 3.39. The molecule has 2 aromatic rings. The predicted octanol–water partition coefficient (Wildman–Crippen LogP) is 2.49. The lowest BCUT2D eigenvalue weighted by molar-refractivity contribution is -0.126. The zero-order chi connectivity index (χ0) is 18.2. The SMILES string of the molecule is COc1ccc(NC(=O)CC(=O)NCc2ccc(F)cc2)cc1OC. The molecule has 132 valence electrons. The first-order valence-electron chi connectivity index (χ1n) is 7.55. The first kappa shape index (κ1) is 18.3. The highest BCUT2D eigenvalue weighted by atomic mass is 19.1. The van der Waals surface area contributed by atoms with Crippen molar-refractivity contribution in [2.75, 3.05) is 19.5 Å². The third-order valence-electron chi connectivity index (χ3n) is 3.39. The van der Waals surface area contributed by atoms with Gasteiger partial charge in [0, 0.05) is 18.3 Å². The van der Waals surface area contributed by atoms with Crippen LogP contribution in [-0.2, 0) is 16.1 Å². The van der Waals surface area contributed by atoms with E-state index in [9.17, 15) is 14.0 Å². The number of anilines is 1. The molecule has 7 heteroatoms. The fraction of sp³-hybridized carbons (Fsp3) is 0.222. The molecule has 0 saturated carbocycles. The lowest BCUT2D eigenvalue weighted by Crippen LogP contribution is -2.27. The molecular formula is C18H19FN2O4. The van der Waals surface area contributed by atoms with Gasteiger partial charge in [-0.15, -0.1) is 0 Å². The molecule has 0 unspecified atom stereocenters. The van der Waals surface area contributed by atoms with Gasteiger partial charge in [0.1, 0.15) is 12.2 Å². The van der Waals surface area contributed by atoms with Gasteiger partial charge in [-0.3, -0.25) is 9.59 Å². The number of carbonyl (C=O) groups is 2. The van der Waals surface area contributed by atoms with Crippen molar-refractivity contribution in [1.82, 2.24) is 5.32 Å². The number of ether oxygens (including phenoxy) is 2. The maximum Gasteiger partial charge on any atom is 0.233 e. The smallest absolute Gasteiger partial charge is 0.233 e. The van der Waals surface area contributed by atoms with Gasteiger partial charge in [-0.25, -0.2) is 4.39 Å². The third kappa shape index (κ3) is 5.49. The molecule has 6 nitrogen and oxygen atoms in total. The van der Waals surface area contributed by atoms with E-state index < -0.39 is 11.8 Å². The standard InChI is InChI=1S/C18H19FN2O4/c1-24-15-8-7-14(9-16(15)25-2)21-18(23)10-17(22)20-11-12-3-5-13(19)6-4-12/h3-9H,10-11H2,1-2H3,(H,20,22)(H,21,23). The molecule has 2 amide bonds. The fourth-order valence-electron chi connectivity index (χ4n) is 2.13. The lowest BCUT2D eigenvalue weighted by Gasteiger charge is -2.10. The van der Waals surface area contributed by atoms with Gasteiger partial charge in [0.25, 0.3) is 0 Å². The largest absolute Gasteiger partial charge is 0.493 e. The van der Waals surface area contributed by atoms with Crippen LogP contribution in [0.1, 0.15) is 12.0 Å². The second-order valence-electron chi connectivity index (χ2n) is 5.20. The molecule has 0 atom stereocenters. The van der Waals surface area contributed by atoms with Crippen molar-refractivity contribution in [2.45, 2.75) is 13.0 Å². The summed E-state index contributed by atoms with van der Waals surface area (Å²) in [5, 5.41) is 5.23. The Kier molecular flexibility index (Phi) is 6.33. The summed E-state index contributed by atoms with van der Waals surface area (Å²) in [5.41, 5.74) is 1.24. The summed E-state index contributed by atoms with van der Waals surface area (Å²) in [6.07, 6.45) is -0.324. The van der Waals surface area contributed by atoms with Crippen LogP contribution < -0.4 is 20.1 Å². The van der Waals surface area contributed by atoms with Crippen LogP contribution in [0.15, 0.2) is 42.5 Å². The molecule has 0 radical (unpaired) electrons. The Morgan fingerprint density at radius 3 is 2.28 bits per heavy atom. The Hall–Kier alpha value is -3.09. The number of hydrogen-bond donors (Lipinski definition) is 2. The molecule has 0 spiro atoms. The van der Waals surface area contributed by atoms with Crippen LogP contribution in [0.2, 0.25) is 0 Å². The molecule has 0 aromatic heterocycles. The Balaban J connectivity index is 1.85. The number of halogens is 1. The number of carbonyl (C=O) groups excluding carboxylic acids is 2. The molecule has 2 N–H and O–H groups in total. The van der Waals surface area contributed by atoms with Crippen molar-refractivity contribution < 1.29 is 23.5 Å². The lowest BCUT2D eigenvalue weighted by atomic mass is 10.2. The minimum atomic E-state index is -0.455. The first-order chi connectivity index (χ1) is 12.0. The predicted molar refractivity (Wildman–Crippen MR) is 91.0 cm³/mol. The van der Waals surface area contributed by atoms with E-state index in [1.807, 2.05) is 0 Å². The van der Waals surface area contributed by atoms with Crippen LogP contribution in [0, 0.1) is 5.82 Å². The van der Waals surface area contributed by atoms with E-state index in [-0.39, 0.29) is 18.8 Å². The van der Waals surface area contributed by atoms with Crippen LogP contribution in [0.4, 0.5) is 10.1 Å².